The summed E-state index contributed by atoms with van der Waals surface area (Å²) < 4.78 is 0. The summed E-state index contributed by atoms with van der Waals surface area (Å²) in [5, 5.41) is 19.3. The largest absolute Gasteiger partial charge is 0.508 e. The number of aromatic hydroxyl groups is 2. The van der Waals surface area contributed by atoms with Crippen molar-refractivity contribution in [3.8, 4) is 11.5 Å². The third kappa shape index (κ3) is 2.88. The van der Waals surface area contributed by atoms with Gasteiger partial charge >= 0.3 is 0 Å². The molecule has 2 N–H and O–H groups in total. The van der Waals surface area contributed by atoms with Crippen molar-refractivity contribution in [2.24, 2.45) is 0 Å². The molecule has 0 aliphatic carbocycles. The minimum Gasteiger partial charge on any atom is -0.508 e. The Morgan fingerprint density at radius 1 is 0.625 bits per heavy atom. The molecule has 3 rings (SSSR count). The summed E-state index contributed by atoms with van der Waals surface area (Å²) in [5.74, 6) is 0.515. The van der Waals surface area contributed by atoms with E-state index in [1.807, 2.05) is 24.3 Å². The monoisotopic (exact) mass is 318 g/mol. The Hall–Kier alpha value is -2.74. The molecular formula is C22H22O2. The van der Waals surface area contributed by atoms with Crippen molar-refractivity contribution in [3.05, 3.63) is 95.1 Å². The van der Waals surface area contributed by atoms with Crippen LogP contribution in [0.15, 0.2) is 72.8 Å². The number of hydrogen-bond acceptors (Lipinski definition) is 2. The van der Waals surface area contributed by atoms with Crippen LogP contribution >= 0.6 is 0 Å². The van der Waals surface area contributed by atoms with Gasteiger partial charge in [-0.2, -0.15) is 0 Å². The lowest BCUT2D eigenvalue weighted by atomic mass is 9.71. The number of rotatable bonds is 4. The van der Waals surface area contributed by atoms with Crippen LogP contribution in [0.1, 0.15) is 36.1 Å². The van der Waals surface area contributed by atoms with Crippen LogP contribution in [-0.4, -0.2) is 10.2 Å². The van der Waals surface area contributed by atoms with E-state index in [1.165, 1.54) is 11.1 Å². The molecule has 3 aromatic carbocycles. The minimum atomic E-state index is -0.367. The Morgan fingerprint density at radius 3 is 1.29 bits per heavy atom. The lowest BCUT2D eigenvalue weighted by Crippen LogP contribution is -2.25. The van der Waals surface area contributed by atoms with Gasteiger partial charge in [-0.3, -0.25) is 0 Å². The zero-order chi connectivity index (χ0) is 17.2. The third-order valence-corrected chi connectivity index (χ3v) is 4.83. The minimum absolute atomic E-state index is 0.258. The second-order valence-electron chi connectivity index (χ2n) is 6.27. The first kappa shape index (κ1) is 16.1. The van der Waals surface area contributed by atoms with Gasteiger partial charge in [-0.25, -0.2) is 0 Å². The molecule has 0 atom stereocenters. The molecule has 0 aliphatic rings. The maximum Gasteiger partial charge on any atom is 0.115 e. The first-order chi connectivity index (χ1) is 11.5. The molecule has 0 spiro atoms. The Balaban J connectivity index is 2.18. The van der Waals surface area contributed by atoms with Crippen molar-refractivity contribution in [2.45, 2.75) is 25.7 Å². The van der Waals surface area contributed by atoms with Crippen LogP contribution in [0, 0.1) is 0 Å². The van der Waals surface area contributed by atoms with Gasteiger partial charge in [-0.1, -0.05) is 55.5 Å². The summed E-state index contributed by atoms with van der Waals surface area (Å²) in [4.78, 5) is 0. The van der Waals surface area contributed by atoms with Crippen molar-refractivity contribution in [2.75, 3.05) is 0 Å². The number of phenolic OH excluding ortho intramolecular Hbond substituents is 2. The molecule has 24 heavy (non-hydrogen) atoms. The number of aryl methyl sites for hydroxylation is 1. The van der Waals surface area contributed by atoms with E-state index in [0.717, 1.165) is 17.5 Å². The molecular weight excluding hydrogens is 296 g/mol. The molecule has 2 heteroatoms. The van der Waals surface area contributed by atoms with Gasteiger partial charge in [0.1, 0.15) is 11.5 Å². The maximum atomic E-state index is 9.64. The molecule has 0 saturated heterocycles. The molecule has 3 aromatic rings. The smallest absolute Gasteiger partial charge is 0.115 e. The van der Waals surface area contributed by atoms with Crippen LogP contribution in [-0.2, 0) is 11.8 Å². The molecule has 0 aliphatic heterocycles. The average Bonchev–Trinajstić information content (AvgIpc) is 2.62. The quantitative estimate of drug-likeness (QED) is 0.664. The van der Waals surface area contributed by atoms with E-state index in [4.69, 9.17) is 0 Å². The Morgan fingerprint density at radius 2 is 0.958 bits per heavy atom. The maximum absolute atomic E-state index is 9.64. The van der Waals surface area contributed by atoms with Gasteiger partial charge in [0.25, 0.3) is 0 Å². The van der Waals surface area contributed by atoms with E-state index in [1.54, 1.807) is 24.3 Å². The highest BCUT2D eigenvalue weighted by molar-refractivity contribution is 5.51. The molecule has 0 saturated carbocycles. The highest BCUT2D eigenvalue weighted by Crippen LogP contribution is 2.39. The zero-order valence-electron chi connectivity index (χ0n) is 14.0. The topological polar surface area (TPSA) is 40.5 Å². The van der Waals surface area contributed by atoms with E-state index < -0.39 is 0 Å². The fourth-order valence-electron chi connectivity index (χ4n) is 3.16. The van der Waals surface area contributed by atoms with Gasteiger partial charge in [-0.15, -0.1) is 0 Å². The van der Waals surface area contributed by atoms with Gasteiger partial charge in [0.05, 0.1) is 0 Å². The number of phenols is 2. The van der Waals surface area contributed by atoms with Crippen LogP contribution in [0.5, 0.6) is 11.5 Å². The summed E-state index contributed by atoms with van der Waals surface area (Å²) in [7, 11) is 0. The molecule has 2 nitrogen and oxygen atoms in total. The van der Waals surface area contributed by atoms with Crippen molar-refractivity contribution in [1.82, 2.24) is 0 Å². The Bertz CT molecular complexity index is 755. The summed E-state index contributed by atoms with van der Waals surface area (Å²) >= 11 is 0. The summed E-state index contributed by atoms with van der Waals surface area (Å²) in [5.41, 5.74) is 4.30. The van der Waals surface area contributed by atoms with E-state index in [2.05, 4.69) is 38.1 Å². The molecule has 122 valence electrons. The molecule has 0 aromatic heterocycles. The number of benzene rings is 3. The molecule has 0 bridgehead atoms. The van der Waals surface area contributed by atoms with Gasteiger partial charge in [-0.05, 0) is 59.9 Å². The average molecular weight is 318 g/mol. The highest BCUT2D eigenvalue weighted by Gasteiger charge is 2.31. The highest BCUT2D eigenvalue weighted by atomic mass is 16.3. The first-order valence-electron chi connectivity index (χ1n) is 8.22. The van der Waals surface area contributed by atoms with Crippen molar-refractivity contribution < 1.29 is 10.2 Å². The van der Waals surface area contributed by atoms with Gasteiger partial charge < -0.3 is 10.2 Å². The molecule has 0 radical (unpaired) electrons. The van der Waals surface area contributed by atoms with Crippen LogP contribution < -0.4 is 0 Å². The molecule has 0 fully saturated rings. The van der Waals surface area contributed by atoms with E-state index in [-0.39, 0.29) is 16.9 Å². The fraction of sp³-hybridized carbons (Fsp3) is 0.182. The first-order valence-corrected chi connectivity index (χ1v) is 8.22. The predicted molar refractivity (Wildman–Crippen MR) is 97.6 cm³/mol. The van der Waals surface area contributed by atoms with E-state index in [9.17, 15) is 10.2 Å². The molecule has 0 heterocycles. The van der Waals surface area contributed by atoms with Crippen LogP contribution in [0.4, 0.5) is 0 Å². The van der Waals surface area contributed by atoms with Crippen molar-refractivity contribution in [1.29, 1.82) is 0 Å². The second kappa shape index (κ2) is 6.40. The molecule has 0 amide bonds. The zero-order valence-corrected chi connectivity index (χ0v) is 14.0. The summed E-state index contributed by atoms with van der Waals surface area (Å²) in [6.07, 6.45) is 1.01. The standard InChI is InChI=1S/C22H22O2/c1-3-16-4-6-17(7-5-16)22(2,18-8-12-20(23)13-9-18)19-10-14-21(24)15-11-19/h4-15,23-24H,3H2,1-2H3. The second-order valence-corrected chi connectivity index (χ2v) is 6.27. The van der Waals surface area contributed by atoms with Crippen LogP contribution in [0.3, 0.4) is 0 Å². The van der Waals surface area contributed by atoms with Crippen molar-refractivity contribution >= 4 is 0 Å². The normalized spacial score (nSPS) is 11.4. The van der Waals surface area contributed by atoms with Gasteiger partial charge in [0.15, 0.2) is 0 Å². The Kier molecular flexibility index (Phi) is 4.30. The van der Waals surface area contributed by atoms with Crippen LogP contribution in [0.25, 0.3) is 0 Å². The summed E-state index contributed by atoms with van der Waals surface area (Å²) in [6, 6.07) is 23.3. The van der Waals surface area contributed by atoms with E-state index in [0.29, 0.717) is 0 Å². The van der Waals surface area contributed by atoms with Crippen molar-refractivity contribution in [3.63, 3.8) is 0 Å². The number of hydrogen-bond donors (Lipinski definition) is 2. The fourth-order valence-corrected chi connectivity index (χ4v) is 3.16. The Labute approximate surface area is 143 Å². The van der Waals surface area contributed by atoms with Crippen LogP contribution in [0.2, 0.25) is 0 Å². The van der Waals surface area contributed by atoms with E-state index >= 15 is 0 Å². The third-order valence-electron chi connectivity index (χ3n) is 4.83. The molecule has 0 unspecified atom stereocenters. The summed E-state index contributed by atoms with van der Waals surface area (Å²) in [6.45, 7) is 4.32. The lowest BCUT2D eigenvalue weighted by Gasteiger charge is -2.32. The van der Waals surface area contributed by atoms with Gasteiger partial charge in [0.2, 0.25) is 0 Å². The predicted octanol–water partition coefficient (Wildman–Crippen LogP) is 5.01. The van der Waals surface area contributed by atoms with Gasteiger partial charge in [0, 0.05) is 5.41 Å². The SMILES string of the molecule is CCc1ccc(C(C)(c2ccc(O)cc2)c2ccc(O)cc2)cc1. The lowest BCUT2D eigenvalue weighted by molar-refractivity contribution is 0.474.